The maximum Gasteiger partial charge on any atom is 0.237 e. The van der Waals surface area contributed by atoms with E-state index in [1.54, 1.807) is 0 Å². The van der Waals surface area contributed by atoms with Gasteiger partial charge < -0.3 is 10.2 Å². The molecule has 2 fully saturated rings. The molecule has 1 unspecified atom stereocenters. The van der Waals surface area contributed by atoms with Gasteiger partial charge in [-0.3, -0.25) is 9.69 Å². The maximum atomic E-state index is 12.8. The minimum atomic E-state index is 0.330. The molecule has 2 aliphatic rings. The van der Waals surface area contributed by atoms with Crippen LogP contribution in [0.5, 0.6) is 0 Å². The van der Waals surface area contributed by atoms with Gasteiger partial charge in [0.05, 0.1) is 6.54 Å². The van der Waals surface area contributed by atoms with Crippen molar-refractivity contribution in [3.63, 3.8) is 0 Å². The van der Waals surface area contributed by atoms with Gasteiger partial charge in [0.25, 0.3) is 0 Å². The van der Waals surface area contributed by atoms with E-state index in [1.165, 1.54) is 38.5 Å². The Morgan fingerprint density at radius 2 is 1.95 bits per heavy atom. The molecule has 1 saturated carbocycles. The maximum absolute atomic E-state index is 12.8. The molecule has 0 aromatic rings. The van der Waals surface area contributed by atoms with E-state index in [1.807, 2.05) is 7.05 Å². The Bertz CT molecular complexity index is 326. The van der Waals surface area contributed by atoms with Crippen LogP contribution in [0.2, 0.25) is 0 Å². The third-order valence-corrected chi connectivity index (χ3v) is 5.03. The molecule has 2 rings (SSSR count). The number of hydrogen-bond acceptors (Lipinski definition) is 3. The van der Waals surface area contributed by atoms with Crippen LogP contribution in [0, 0.1) is 5.92 Å². The second-order valence-electron chi connectivity index (χ2n) is 7.13. The first kappa shape index (κ1) is 16.8. The van der Waals surface area contributed by atoms with Gasteiger partial charge in [-0.05, 0) is 59.2 Å². The van der Waals surface area contributed by atoms with E-state index in [9.17, 15) is 4.79 Å². The first-order chi connectivity index (χ1) is 10.1. The normalized spacial score (nSPS) is 24.7. The van der Waals surface area contributed by atoms with Gasteiger partial charge in [0.2, 0.25) is 5.91 Å². The summed E-state index contributed by atoms with van der Waals surface area (Å²) in [6.45, 7) is 8.18. The number of likely N-dealkylation sites (tertiary alicyclic amines) is 1. The third kappa shape index (κ3) is 4.68. The molecule has 1 saturated heterocycles. The molecule has 0 aromatic heterocycles. The zero-order chi connectivity index (χ0) is 15.2. The number of amides is 1. The lowest BCUT2D eigenvalue weighted by Crippen LogP contribution is -2.49. The smallest absolute Gasteiger partial charge is 0.237 e. The van der Waals surface area contributed by atoms with Crippen molar-refractivity contribution >= 4 is 5.91 Å². The lowest BCUT2D eigenvalue weighted by molar-refractivity contribution is -0.137. The summed E-state index contributed by atoms with van der Waals surface area (Å²) in [7, 11) is 2.01. The van der Waals surface area contributed by atoms with E-state index in [0.717, 1.165) is 19.6 Å². The van der Waals surface area contributed by atoms with Crippen LogP contribution in [0.1, 0.15) is 52.4 Å². The molecule has 0 aromatic carbocycles. The highest BCUT2D eigenvalue weighted by molar-refractivity contribution is 5.79. The molecular formula is C17H33N3O. The SMILES string of the molecule is CNCC1CCN(CC(=O)N(C(C)C)C2CCCCC2)C1. The van der Waals surface area contributed by atoms with Crippen molar-refractivity contribution in [1.82, 2.24) is 15.1 Å². The fourth-order valence-corrected chi connectivity index (χ4v) is 4.06. The number of rotatable bonds is 6. The molecule has 0 spiro atoms. The van der Waals surface area contributed by atoms with E-state index < -0.39 is 0 Å². The molecule has 1 aliphatic carbocycles. The summed E-state index contributed by atoms with van der Waals surface area (Å²) < 4.78 is 0. The van der Waals surface area contributed by atoms with Crippen LogP contribution in [0.3, 0.4) is 0 Å². The van der Waals surface area contributed by atoms with Crippen LogP contribution >= 0.6 is 0 Å². The van der Waals surface area contributed by atoms with Crippen molar-refractivity contribution in [1.29, 1.82) is 0 Å². The summed E-state index contributed by atoms with van der Waals surface area (Å²) in [6.07, 6.45) is 7.54. The molecular weight excluding hydrogens is 262 g/mol. The monoisotopic (exact) mass is 295 g/mol. The highest BCUT2D eigenvalue weighted by atomic mass is 16.2. The number of hydrogen-bond donors (Lipinski definition) is 1. The summed E-state index contributed by atoms with van der Waals surface area (Å²) in [5, 5.41) is 3.25. The summed E-state index contributed by atoms with van der Waals surface area (Å²) >= 11 is 0. The summed E-state index contributed by atoms with van der Waals surface area (Å²) in [6, 6.07) is 0.818. The van der Waals surface area contributed by atoms with Gasteiger partial charge in [-0.25, -0.2) is 0 Å². The fourth-order valence-electron chi connectivity index (χ4n) is 4.06. The second kappa shape index (κ2) is 8.14. The number of nitrogens with zero attached hydrogens (tertiary/aromatic N) is 2. The number of nitrogens with one attached hydrogen (secondary N) is 1. The molecule has 1 amide bonds. The Labute approximate surface area is 130 Å². The highest BCUT2D eigenvalue weighted by Gasteiger charge is 2.30. The zero-order valence-corrected chi connectivity index (χ0v) is 14.1. The number of carbonyl (C=O) groups excluding carboxylic acids is 1. The topological polar surface area (TPSA) is 35.6 Å². The third-order valence-electron chi connectivity index (χ3n) is 5.03. The van der Waals surface area contributed by atoms with Crippen molar-refractivity contribution in [3.05, 3.63) is 0 Å². The van der Waals surface area contributed by atoms with Gasteiger partial charge in [0.15, 0.2) is 0 Å². The fraction of sp³-hybridized carbons (Fsp3) is 0.941. The minimum absolute atomic E-state index is 0.330. The van der Waals surface area contributed by atoms with E-state index in [2.05, 4.69) is 29.0 Å². The van der Waals surface area contributed by atoms with Crippen molar-refractivity contribution in [2.45, 2.75) is 64.5 Å². The molecule has 1 aliphatic heterocycles. The second-order valence-corrected chi connectivity index (χ2v) is 7.13. The quantitative estimate of drug-likeness (QED) is 0.815. The van der Waals surface area contributed by atoms with E-state index in [-0.39, 0.29) is 0 Å². The van der Waals surface area contributed by atoms with E-state index in [0.29, 0.717) is 30.5 Å². The van der Waals surface area contributed by atoms with Crippen LogP contribution in [-0.4, -0.2) is 61.0 Å². The van der Waals surface area contributed by atoms with Gasteiger partial charge >= 0.3 is 0 Å². The Morgan fingerprint density at radius 1 is 1.24 bits per heavy atom. The van der Waals surface area contributed by atoms with Crippen molar-refractivity contribution in [2.75, 3.05) is 33.2 Å². The molecule has 21 heavy (non-hydrogen) atoms. The van der Waals surface area contributed by atoms with Crippen LogP contribution in [-0.2, 0) is 4.79 Å². The molecule has 122 valence electrons. The lowest BCUT2D eigenvalue weighted by atomic mass is 9.93. The molecule has 4 heteroatoms. The Balaban J connectivity index is 1.87. The highest BCUT2D eigenvalue weighted by Crippen LogP contribution is 2.25. The average molecular weight is 295 g/mol. The molecule has 0 bridgehead atoms. The van der Waals surface area contributed by atoms with Gasteiger partial charge in [-0.2, -0.15) is 0 Å². The van der Waals surface area contributed by atoms with Crippen molar-refractivity contribution < 1.29 is 4.79 Å². The Kier molecular flexibility index (Phi) is 6.49. The van der Waals surface area contributed by atoms with Crippen LogP contribution < -0.4 is 5.32 Å². The predicted molar refractivity (Wildman–Crippen MR) is 87.3 cm³/mol. The Morgan fingerprint density at radius 3 is 2.57 bits per heavy atom. The molecule has 1 atom stereocenters. The van der Waals surface area contributed by atoms with Crippen molar-refractivity contribution in [2.24, 2.45) is 5.92 Å². The number of carbonyl (C=O) groups is 1. The average Bonchev–Trinajstić information content (AvgIpc) is 2.87. The van der Waals surface area contributed by atoms with Crippen LogP contribution in [0.4, 0.5) is 0 Å². The van der Waals surface area contributed by atoms with Crippen molar-refractivity contribution in [3.8, 4) is 0 Å². The zero-order valence-electron chi connectivity index (χ0n) is 14.1. The van der Waals surface area contributed by atoms with Gasteiger partial charge in [0.1, 0.15) is 0 Å². The molecule has 1 N–H and O–H groups in total. The Hall–Kier alpha value is -0.610. The van der Waals surface area contributed by atoms with Crippen LogP contribution in [0.15, 0.2) is 0 Å². The summed E-state index contributed by atoms with van der Waals surface area (Å²) in [5.74, 6) is 1.06. The first-order valence-corrected chi connectivity index (χ1v) is 8.80. The minimum Gasteiger partial charge on any atom is -0.336 e. The molecule has 1 heterocycles. The van der Waals surface area contributed by atoms with Crippen LogP contribution in [0.25, 0.3) is 0 Å². The largest absolute Gasteiger partial charge is 0.336 e. The first-order valence-electron chi connectivity index (χ1n) is 8.80. The van der Waals surface area contributed by atoms with E-state index >= 15 is 0 Å². The van der Waals surface area contributed by atoms with Gasteiger partial charge in [-0.1, -0.05) is 19.3 Å². The summed E-state index contributed by atoms with van der Waals surface area (Å²) in [5.41, 5.74) is 0. The summed E-state index contributed by atoms with van der Waals surface area (Å²) in [4.78, 5) is 17.3. The van der Waals surface area contributed by atoms with Gasteiger partial charge in [0, 0.05) is 18.6 Å². The van der Waals surface area contributed by atoms with E-state index in [4.69, 9.17) is 0 Å². The van der Waals surface area contributed by atoms with Gasteiger partial charge in [-0.15, -0.1) is 0 Å². The standard InChI is InChI=1S/C17H33N3O/c1-14(2)20(16-7-5-4-6-8-16)17(21)13-19-10-9-15(12-19)11-18-3/h14-16,18H,4-13H2,1-3H3. The molecule has 4 nitrogen and oxygen atoms in total. The predicted octanol–water partition coefficient (Wildman–Crippen LogP) is 2.10. The lowest BCUT2D eigenvalue weighted by Gasteiger charge is -2.38. The molecule has 0 radical (unpaired) electrons.